The highest BCUT2D eigenvalue weighted by molar-refractivity contribution is 7.98. The average molecular weight is 284 g/mol. The summed E-state index contributed by atoms with van der Waals surface area (Å²) in [6, 6.07) is 12.0. The van der Waals surface area contributed by atoms with E-state index in [9.17, 15) is 4.39 Å². The summed E-state index contributed by atoms with van der Waals surface area (Å²) in [4.78, 5) is 0. The molecule has 2 aromatic rings. The van der Waals surface area contributed by atoms with E-state index in [1.165, 1.54) is 16.7 Å². The van der Waals surface area contributed by atoms with E-state index >= 15 is 0 Å². The molecular formula is C18H17FS. The summed E-state index contributed by atoms with van der Waals surface area (Å²) in [5.74, 6) is -0.0781. The second-order valence-corrected chi connectivity index (χ2v) is 6.18. The molecule has 4 bridgehead atoms. The van der Waals surface area contributed by atoms with Crippen molar-refractivity contribution in [3.05, 3.63) is 70.0 Å². The van der Waals surface area contributed by atoms with Crippen LogP contribution in [0, 0.1) is 12.7 Å². The first-order valence-corrected chi connectivity index (χ1v) is 8.07. The number of hydrogen-bond donors (Lipinski definition) is 0. The van der Waals surface area contributed by atoms with Crippen LogP contribution in [0.15, 0.2) is 36.4 Å². The molecule has 1 aliphatic carbocycles. The molecule has 0 radical (unpaired) electrons. The summed E-state index contributed by atoms with van der Waals surface area (Å²) in [6.45, 7) is 2.16. The van der Waals surface area contributed by atoms with Crippen molar-refractivity contribution in [2.45, 2.75) is 18.6 Å². The molecule has 1 atom stereocenters. The third kappa shape index (κ3) is 2.29. The van der Waals surface area contributed by atoms with Gasteiger partial charge in [-0.3, -0.25) is 0 Å². The molecule has 0 spiro atoms. The first kappa shape index (κ1) is 13.4. The van der Waals surface area contributed by atoms with E-state index in [4.69, 9.17) is 0 Å². The Morgan fingerprint density at radius 1 is 1.05 bits per heavy atom. The molecule has 0 heterocycles. The predicted molar refractivity (Wildman–Crippen MR) is 86.5 cm³/mol. The van der Waals surface area contributed by atoms with Gasteiger partial charge in [-0.25, -0.2) is 4.39 Å². The van der Waals surface area contributed by atoms with Crippen molar-refractivity contribution in [3.8, 4) is 0 Å². The van der Waals surface area contributed by atoms with Crippen molar-refractivity contribution >= 4 is 23.9 Å². The van der Waals surface area contributed by atoms with E-state index in [-0.39, 0.29) is 5.82 Å². The van der Waals surface area contributed by atoms with Crippen LogP contribution >= 0.6 is 11.8 Å². The lowest BCUT2D eigenvalue weighted by atomic mass is 9.93. The normalized spacial score (nSPS) is 18.6. The third-order valence-corrected chi connectivity index (χ3v) is 4.99. The van der Waals surface area contributed by atoms with Crippen LogP contribution < -0.4 is 0 Å². The minimum atomic E-state index is -0.0781. The highest BCUT2D eigenvalue weighted by Crippen LogP contribution is 2.36. The largest absolute Gasteiger partial charge is 0.206 e. The molecule has 0 saturated heterocycles. The number of halogens is 1. The minimum absolute atomic E-state index is 0.0781. The van der Waals surface area contributed by atoms with Crippen LogP contribution in [0.1, 0.15) is 33.1 Å². The SMILES string of the molecule is CSC1Cc2cccc(c2F)/C=C\c2cccc1c2C. The molecule has 0 N–H and O–H groups in total. The van der Waals surface area contributed by atoms with E-state index in [1.807, 2.05) is 30.4 Å². The van der Waals surface area contributed by atoms with Gasteiger partial charge in [0.05, 0.1) is 0 Å². The van der Waals surface area contributed by atoms with E-state index in [0.717, 1.165) is 12.0 Å². The Morgan fingerprint density at radius 3 is 2.55 bits per heavy atom. The first-order valence-electron chi connectivity index (χ1n) is 6.78. The van der Waals surface area contributed by atoms with Gasteiger partial charge >= 0.3 is 0 Å². The van der Waals surface area contributed by atoms with Crippen LogP contribution in [0.25, 0.3) is 12.2 Å². The lowest BCUT2D eigenvalue weighted by molar-refractivity contribution is 0.605. The summed E-state index contributed by atoms with van der Waals surface area (Å²) in [7, 11) is 0. The summed E-state index contributed by atoms with van der Waals surface area (Å²) in [5.41, 5.74) is 5.26. The molecule has 0 fully saturated rings. The van der Waals surface area contributed by atoms with Crippen molar-refractivity contribution < 1.29 is 4.39 Å². The molecular weight excluding hydrogens is 267 g/mol. The first-order chi connectivity index (χ1) is 9.70. The Hall–Kier alpha value is -1.54. The van der Waals surface area contributed by atoms with Crippen molar-refractivity contribution in [2.75, 3.05) is 6.26 Å². The van der Waals surface area contributed by atoms with Gasteiger partial charge in [0.15, 0.2) is 0 Å². The van der Waals surface area contributed by atoms with Crippen molar-refractivity contribution in [3.63, 3.8) is 0 Å². The van der Waals surface area contributed by atoms with Crippen LogP contribution in [0.4, 0.5) is 4.39 Å². The van der Waals surface area contributed by atoms with Crippen molar-refractivity contribution in [1.29, 1.82) is 0 Å². The maximum atomic E-state index is 14.5. The minimum Gasteiger partial charge on any atom is -0.206 e. The van der Waals surface area contributed by atoms with E-state index < -0.39 is 0 Å². The Labute approximate surface area is 123 Å². The van der Waals surface area contributed by atoms with Crippen LogP contribution in [0.2, 0.25) is 0 Å². The molecule has 3 rings (SSSR count). The highest BCUT2D eigenvalue weighted by Gasteiger charge is 2.18. The Kier molecular flexibility index (Phi) is 3.66. The highest BCUT2D eigenvalue weighted by atomic mass is 32.2. The van der Waals surface area contributed by atoms with Crippen LogP contribution in [0.5, 0.6) is 0 Å². The van der Waals surface area contributed by atoms with Gasteiger partial charge in [-0.2, -0.15) is 11.8 Å². The van der Waals surface area contributed by atoms with Gasteiger partial charge < -0.3 is 0 Å². The number of thioether (sulfide) groups is 1. The zero-order valence-corrected chi connectivity index (χ0v) is 12.5. The van der Waals surface area contributed by atoms with E-state index in [1.54, 1.807) is 11.8 Å². The lowest BCUT2D eigenvalue weighted by Crippen LogP contribution is -2.05. The zero-order valence-electron chi connectivity index (χ0n) is 11.7. The van der Waals surface area contributed by atoms with Crippen LogP contribution in [-0.2, 0) is 6.42 Å². The molecule has 0 aromatic heterocycles. The second kappa shape index (κ2) is 5.45. The fraction of sp³-hybridized carbons (Fsp3) is 0.222. The zero-order chi connectivity index (χ0) is 14.1. The summed E-state index contributed by atoms with van der Waals surface area (Å²) >= 11 is 1.79. The van der Waals surface area contributed by atoms with Crippen LogP contribution in [-0.4, -0.2) is 6.26 Å². The molecule has 20 heavy (non-hydrogen) atoms. The van der Waals surface area contributed by atoms with E-state index in [0.29, 0.717) is 10.8 Å². The summed E-state index contributed by atoms with van der Waals surface area (Å²) in [5, 5.41) is 0.297. The lowest BCUT2D eigenvalue weighted by Gasteiger charge is -2.20. The van der Waals surface area contributed by atoms with Crippen molar-refractivity contribution in [2.24, 2.45) is 0 Å². The van der Waals surface area contributed by atoms with E-state index in [2.05, 4.69) is 31.4 Å². The van der Waals surface area contributed by atoms with Crippen molar-refractivity contribution in [1.82, 2.24) is 0 Å². The average Bonchev–Trinajstić information content (AvgIpc) is 2.46. The molecule has 0 saturated carbocycles. The van der Waals surface area contributed by atoms with Gasteiger partial charge in [0, 0.05) is 10.8 Å². The maximum absolute atomic E-state index is 14.5. The quantitative estimate of drug-likeness (QED) is 0.688. The number of rotatable bonds is 1. The van der Waals surface area contributed by atoms with Gasteiger partial charge in [-0.15, -0.1) is 0 Å². The number of hydrogen-bond acceptors (Lipinski definition) is 1. The summed E-state index contributed by atoms with van der Waals surface area (Å²) < 4.78 is 14.5. The topological polar surface area (TPSA) is 0 Å². The molecule has 2 aromatic carbocycles. The maximum Gasteiger partial charge on any atom is 0.133 e. The fourth-order valence-corrected chi connectivity index (χ4v) is 3.64. The fourth-order valence-electron chi connectivity index (χ4n) is 2.79. The summed E-state index contributed by atoms with van der Waals surface area (Å²) in [6.07, 6.45) is 6.73. The smallest absolute Gasteiger partial charge is 0.133 e. The van der Waals surface area contributed by atoms with Crippen LogP contribution in [0.3, 0.4) is 0 Å². The third-order valence-electron chi connectivity index (χ3n) is 4.01. The predicted octanol–water partition coefficient (Wildman–Crippen LogP) is 5.26. The molecule has 102 valence electrons. The van der Waals surface area contributed by atoms with Gasteiger partial charge in [0.1, 0.15) is 5.82 Å². The molecule has 0 aliphatic heterocycles. The van der Waals surface area contributed by atoms with Gasteiger partial charge in [-0.1, -0.05) is 48.6 Å². The van der Waals surface area contributed by atoms with Gasteiger partial charge in [0.25, 0.3) is 0 Å². The second-order valence-electron chi connectivity index (χ2n) is 5.14. The molecule has 1 aliphatic rings. The molecule has 2 heteroatoms. The van der Waals surface area contributed by atoms with Gasteiger partial charge in [0.2, 0.25) is 0 Å². The monoisotopic (exact) mass is 284 g/mol. The molecule has 0 amide bonds. The Balaban J connectivity index is 2.24. The number of benzene rings is 2. The Morgan fingerprint density at radius 2 is 1.75 bits per heavy atom. The van der Waals surface area contributed by atoms with Gasteiger partial charge in [-0.05, 0) is 41.9 Å². The number of fused-ring (bicyclic) bond motifs is 4. The standard InChI is InChI=1S/C18H17FS/c1-12-13-5-4-8-16(12)17(20-2)11-15-7-3-6-14(10-9-13)18(15)19/h3-10,17H,11H2,1-2H3/b10-9-. The molecule has 1 unspecified atom stereocenters. The molecule has 0 nitrogen and oxygen atoms in total. The Bertz CT molecular complexity index is 673.